The maximum absolute atomic E-state index is 9.46. The van der Waals surface area contributed by atoms with Gasteiger partial charge in [0.05, 0.1) is 12.1 Å². The molecule has 0 radical (unpaired) electrons. The van der Waals surface area contributed by atoms with Gasteiger partial charge in [-0.15, -0.1) is 0 Å². The molecule has 0 saturated carbocycles. The van der Waals surface area contributed by atoms with E-state index in [4.69, 9.17) is 21.0 Å². The molecule has 0 aliphatic heterocycles. The first-order valence-electron chi connectivity index (χ1n) is 2.31. The van der Waals surface area contributed by atoms with Crippen LogP contribution in [0.2, 0.25) is 0 Å². The van der Waals surface area contributed by atoms with Crippen LogP contribution in [-0.4, -0.2) is 5.78 Å². The molecule has 0 heterocycles. The Morgan fingerprint density at radius 2 is 1.36 bits per heavy atom. The molecule has 0 aliphatic rings. The van der Waals surface area contributed by atoms with Crippen molar-refractivity contribution in [3.05, 3.63) is 0 Å². The molecule has 0 aromatic carbocycles. The summed E-state index contributed by atoms with van der Waals surface area (Å²) in [5, 5.41) is 30.2. The molecule has 0 aromatic rings. The summed E-state index contributed by atoms with van der Waals surface area (Å²) in [4.78, 5) is 9.46. The van der Waals surface area contributed by atoms with Crippen LogP contribution in [0.15, 0.2) is 0 Å². The van der Waals surface area contributed by atoms with E-state index in [1.807, 2.05) is 0 Å². The number of carbonyl (C=O) groups is 1. The minimum Gasteiger partial charge on any atom is -0.265 e. The number of carbonyl (C=O) groups excluding carboxylic acids is 1. The van der Waals surface area contributed by atoms with Gasteiger partial charge in [-0.3, -0.25) is 4.79 Å². The second-order valence-electron chi connectivity index (χ2n) is 1.05. The zero-order chi connectivity index (χ0) is 9.11. The summed E-state index contributed by atoms with van der Waals surface area (Å²) < 4.78 is 0. The number of nitriles is 4. The van der Waals surface area contributed by atoms with Gasteiger partial charge in [-0.05, 0) is 0 Å². The third kappa shape index (κ3) is 18.4. The zero-order valence-electron chi connectivity index (χ0n) is 5.40. The SMILES string of the molecule is N#CC(=O)C#N.N#CCC#N. The maximum Gasteiger partial charge on any atom is 0.331 e. The molecule has 0 bridgehead atoms. The Morgan fingerprint density at radius 1 is 1.00 bits per heavy atom. The quantitative estimate of drug-likeness (QED) is 0.447. The molecule has 0 amide bonds. The second kappa shape index (κ2) is 10.6. The lowest BCUT2D eigenvalue weighted by molar-refractivity contribution is -0.109. The zero-order valence-corrected chi connectivity index (χ0v) is 5.40. The summed E-state index contributed by atoms with van der Waals surface area (Å²) in [7, 11) is 0. The minimum atomic E-state index is -1.05. The average Bonchev–Trinajstić information content (AvgIpc) is 2.06. The van der Waals surface area contributed by atoms with E-state index in [2.05, 4.69) is 0 Å². The number of Topliss-reactive ketones (excluding diaryl/α,β-unsaturated/α-hetero) is 1. The molecule has 0 saturated heterocycles. The van der Waals surface area contributed by atoms with Crippen molar-refractivity contribution in [1.29, 1.82) is 21.0 Å². The highest BCUT2D eigenvalue weighted by Gasteiger charge is 1.86. The summed E-state index contributed by atoms with van der Waals surface area (Å²) in [5.41, 5.74) is 0. The van der Waals surface area contributed by atoms with Gasteiger partial charge in [0.2, 0.25) is 0 Å². The van der Waals surface area contributed by atoms with Crippen LogP contribution >= 0.6 is 0 Å². The van der Waals surface area contributed by atoms with Gasteiger partial charge in [-0.25, -0.2) is 0 Å². The number of hydrogen-bond acceptors (Lipinski definition) is 5. The molecule has 0 unspecified atom stereocenters. The molecule has 0 atom stereocenters. The first-order chi connectivity index (χ1) is 5.22. The van der Waals surface area contributed by atoms with Crippen molar-refractivity contribution in [2.75, 3.05) is 0 Å². The van der Waals surface area contributed by atoms with E-state index < -0.39 is 5.78 Å². The van der Waals surface area contributed by atoms with Crippen molar-refractivity contribution in [3.63, 3.8) is 0 Å². The lowest BCUT2D eigenvalue weighted by Gasteiger charge is -1.50. The van der Waals surface area contributed by atoms with Gasteiger partial charge < -0.3 is 0 Å². The predicted molar refractivity (Wildman–Crippen MR) is 32.1 cm³/mol. The molecule has 0 rings (SSSR count). The second-order valence-corrected chi connectivity index (χ2v) is 1.05. The van der Waals surface area contributed by atoms with E-state index >= 15 is 0 Å². The standard InChI is InChI=1S/C3N2O.C3H2N2/c4-1-3(6)2-5;4-2-1-3-5/h;1H2. The van der Waals surface area contributed by atoms with Crippen molar-refractivity contribution in [2.24, 2.45) is 0 Å². The first kappa shape index (κ1) is 11.4. The lowest BCUT2D eigenvalue weighted by Crippen LogP contribution is -1.81. The van der Waals surface area contributed by atoms with Crippen LogP contribution in [0.4, 0.5) is 0 Å². The van der Waals surface area contributed by atoms with E-state index in [0.29, 0.717) is 0 Å². The Kier molecular flexibility index (Phi) is 11.0. The highest BCUT2D eigenvalue weighted by Crippen LogP contribution is 1.59. The monoisotopic (exact) mass is 146 g/mol. The molecule has 5 heteroatoms. The molecule has 52 valence electrons. The van der Waals surface area contributed by atoms with Crippen molar-refractivity contribution < 1.29 is 4.79 Å². The van der Waals surface area contributed by atoms with Crippen LogP contribution in [0.3, 0.4) is 0 Å². The number of ketones is 1. The van der Waals surface area contributed by atoms with Gasteiger partial charge in [0.1, 0.15) is 6.42 Å². The van der Waals surface area contributed by atoms with Crippen LogP contribution in [0.5, 0.6) is 0 Å². The Bertz CT molecular complexity index is 252. The smallest absolute Gasteiger partial charge is 0.265 e. The molecule has 0 spiro atoms. The van der Waals surface area contributed by atoms with E-state index in [-0.39, 0.29) is 6.42 Å². The van der Waals surface area contributed by atoms with Crippen LogP contribution in [-0.2, 0) is 4.79 Å². The molecular formula is C6H2N4O. The lowest BCUT2D eigenvalue weighted by atomic mass is 10.5. The molecule has 11 heavy (non-hydrogen) atoms. The largest absolute Gasteiger partial charge is 0.331 e. The van der Waals surface area contributed by atoms with Gasteiger partial charge in [0, 0.05) is 0 Å². The van der Waals surface area contributed by atoms with Crippen LogP contribution < -0.4 is 0 Å². The van der Waals surface area contributed by atoms with E-state index in [1.165, 1.54) is 0 Å². The van der Waals surface area contributed by atoms with Crippen molar-refractivity contribution >= 4 is 5.78 Å². The highest BCUT2D eigenvalue weighted by atomic mass is 16.1. The van der Waals surface area contributed by atoms with Gasteiger partial charge >= 0.3 is 5.78 Å². The van der Waals surface area contributed by atoms with Gasteiger partial charge in [0.15, 0.2) is 12.1 Å². The fraction of sp³-hybridized carbons (Fsp3) is 0.167. The Labute approximate surface area is 63.3 Å². The third-order valence-corrected chi connectivity index (χ3v) is 0.361. The van der Waals surface area contributed by atoms with Crippen LogP contribution in [0, 0.1) is 45.3 Å². The van der Waals surface area contributed by atoms with Crippen molar-refractivity contribution in [2.45, 2.75) is 6.42 Å². The Balaban J connectivity index is 0. The van der Waals surface area contributed by atoms with Crippen LogP contribution in [0.1, 0.15) is 6.42 Å². The number of hydrogen-bond donors (Lipinski definition) is 0. The summed E-state index contributed by atoms with van der Waals surface area (Å²) in [6.45, 7) is 0. The molecular weight excluding hydrogens is 144 g/mol. The summed E-state index contributed by atoms with van der Waals surface area (Å²) in [6.07, 6.45) is 0. The summed E-state index contributed by atoms with van der Waals surface area (Å²) in [6, 6.07) is 5.54. The van der Waals surface area contributed by atoms with Gasteiger partial charge in [-0.2, -0.15) is 21.0 Å². The molecule has 0 aliphatic carbocycles. The normalized spacial score (nSPS) is 4.73. The van der Waals surface area contributed by atoms with E-state index in [9.17, 15) is 4.79 Å². The average molecular weight is 146 g/mol. The van der Waals surface area contributed by atoms with Gasteiger partial charge in [0.25, 0.3) is 0 Å². The van der Waals surface area contributed by atoms with Crippen molar-refractivity contribution in [1.82, 2.24) is 0 Å². The first-order valence-corrected chi connectivity index (χ1v) is 2.31. The Hall–Kier alpha value is -2.37. The highest BCUT2D eigenvalue weighted by molar-refractivity contribution is 6.05. The molecule has 0 N–H and O–H groups in total. The van der Waals surface area contributed by atoms with Crippen molar-refractivity contribution in [3.8, 4) is 24.3 Å². The Morgan fingerprint density at radius 3 is 1.36 bits per heavy atom. The number of rotatable bonds is 0. The third-order valence-electron chi connectivity index (χ3n) is 0.361. The predicted octanol–water partition coefficient (Wildman–Crippen LogP) is 0.0263. The van der Waals surface area contributed by atoms with E-state index in [1.54, 1.807) is 12.1 Å². The molecule has 5 nitrogen and oxygen atoms in total. The molecule has 0 aromatic heterocycles. The van der Waals surface area contributed by atoms with Gasteiger partial charge in [-0.1, -0.05) is 0 Å². The molecule has 0 fully saturated rings. The summed E-state index contributed by atoms with van der Waals surface area (Å²) in [5.74, 6) is -1.05. The van der Waals surface area contributed by atoms with E-state index in [0.717, 1.165) is 12.1 Å². The van der Waals surface area contributed by atoms with Crippen LogP contribution in [0.25, 0.3) is 0 Å². The minimum absolute atomic E-state index is 0. The fourth-order valence-corrected chi connectivity index (χ4v) is 0.0604. The maximum atomic E-state index is 9.46. The summed E-state index contributed by atoms with van der Waals surface area (Å²) >= 11 is 0. The topological polar surface area (TPSA) is 112 Å². The number of nitrogens with zero attached hydrogens (tertiary/aromatic N) is 4. The fourth-order valence-electron chi connectivity index (χ4n) is 0.0604.